The van der Waals surface area contributed by atoms with Gasteiger partial charge in [-0.3, -0.25) is 4.79 Å². The third kappa shape index (κ3) is 1.76. The number of benzene rings is 2. The van der Waals surface area contributed by atoms with Gasteiger partial charge in [-0.05, 0) is 12.1 Å². The molecule has 1 unspecified atom stereocenters. The number of rotatable bonds is 1. The van der Waals surface area contributed by atoms with Crippen molar-refractivity contribution in [2.24, 2.45) is 0 Å². The third-order valence-electron chi connectivity index (χ3n) is 3.08. The average molecular weight is 258 g/mol. The van der Waals surface area contributed by atoms with Crippen LogP contribution in [0.25, 0.3) is 0 Å². The highest BCUT2D eigenvalue weighted by Gasteiger charge is 2.36. The summed E-state index contributed by atoms with van der Waals surface area (Å²) in [4.78, 5) is 11.9. The maximum absolute atomic E-state index is 11.9. The molecule has 1 aliphatic rings. The molecule has 3 N–H and O–H groups in total. The number of hydrogen-bond donors (Lipinski definition) is 3. The molecule has 3 rings (SSSR count). The Morgan fingerprint density at radius 1 is 0.895 bits per heavy atom. The van der Waals surface area contributed by atoms with Crippen LogP contribution in [0.4, 0.5) is 0 Å². The summed E-state index contributed by atoms with van der Waals surface area (Å²) in [5.41, 5.74) is 0.927. The summed E-state index contributed by atoms with van der Waals surface area (Å²) in [7, 11) is 0. The van der Waals surface area contributed by atoms with Gasteiger partial charge in [-0.25, -0.2) is 0 Å². The van der Waals surface area contributed by atoms with Gasteiger partial charge < -0.3 is 20.1 Å². The van der Waals surface area contributed by atoms with Crippen LogP contribution in [0.3, 0.4) is 0 Å². The average Bonchev–Trinajstić information content (AvgIpc) is 2.65. The fourth-order valence-electron chi connectivity index (χ4n) is 2.21. The third-order valence-corrected chi connectivity index (χ3v) is 3.08. The number of phenolic OH excluding ortho intramolecular Hbond substituents is 3. The number of fused-ring (bicyclic) bond motifs is 1. The Bertz CT molecular complexity index is 678. The van der Waals surface area contributed by atoms with Crippen molar-refractivity contribution in [2.75, 3.05) is 0 Å². The number of hydrogen-bond acceptors (Lipinski definition) is 5. The molecule has 0 spiro atoms. The molecule has 5 nitrogen and oxygen atoms in total. The van der Waals surface area contributed by atoms with Gasteiger partial charge in [0.15, 0.2) is 0 Å². The van der Waals surface area contributed by atoms with E-state index in [2.05, 4.69) is 0 Å². The maximum Gasteiger partial charge on any atom is 0.323 e. The van der Waals surface area contributed by atoms with Crippen LogP contribution >= 0.6 is 0 Å². The minimum atomic E-state index is -0.754. The molecule has 0 aliphatic carbocycles. The zero-order valence-corrected chi connectivity index (χ0v) is 9.70. The molecule has 1 aliphatic heterocycles. The molecule has 1 atom stereocenters. The second-order valence-electron chi connectivity index (χ2n) is 4.32. The van der Waals surface area contributed by atoms with Crippen molar-refractivity contribution in [3.63, 3.8) is 0 Å². The molecule has 0 radical (unpaired) electrons. The minimum absolute atomic E-state index is 0.00197. The summed E-state index contributed by atoms with van der Waals surface area (Å²) in [5, 5.41) is 28.5. The van der Waals surface area contributed by atoms with Gasteiger partial charge in [0.1, 0.15) is 28.9 Å². The number of aromatic hydroxyl groups is 3. The largest absolute Gasteiger partial charge is 0.508 e. The van der Waals surface area contributed by atoms with E-state index in [9.17, 15) is 20.1 Å². The van der Waals surface area contributed by atoms with E-state index >= 15 is 0 Å². The first-order valence-corrected chi connectivity index (χ1v) is 5.63. The van der Waals surface area contributed by atoms with Crippen molar-refractivity contribution in [2.45, 2.75) is 5.92 Å². The monoisotopic (exact) mass is 258 g/mol. The maximum atomic E-state index is 11.9. The SMILES string of the molecule is O=C1Oc2cc(O)ccc2C1c1ccc(O)cc1O. The van der Waals surface area contributed by atoms with Gasteiger partial charge in [0, 0.05) is 23.3 Å². The van der Waals surface area contributed by atoms with Gasteiger partial charge in [-0.15, -0.1) is 0 Å². The summed E-state index contributed by atoms with van der Waals surface area (Å²) in [6.07, 6.45) is 0. The Kier molecular flexibility index (Phi) is 2.35. The lowest BCUT2D eigenvalue weighted by Gasteiger charge is -2.10. The van der Waals surface area contributed by atoms with Crippen molar-refractivity contribution in [1.29, 1.82) is 0 Å². The molecule has 96 valence electrons. The van der Waals surface area contributed by atoms with Crippen molar-refractivity contribution < 1.29 is 24.9 Å². The molecule has 0 saturated carbocycles. The molecule has 2 aromatic rings. The number of esters is 1. The topological polar surface area (TPSA) is 87.0 Å². The number of ether oxygens (including phenoxy) is 1. The summed E-state index contributed by atoms with van der Waals surface area (Å²) in [6.45, 7) is 0. The predicted molar refractivity (Wildman–Crippen MR) is 65.4 cm³/mol. The van der Waals surface area contributed by atoms with E-state index in [1.165, 1.54) is 30.3 Å². The summed E-state index contributed by atoms with van der Waals surface area (Å²) in [5.74, 6) is -1.26. The van der Waals surface area contributed by atoms with Gasteiger partial charge in [-0.2, -0.15) is 0 Å². The molecule has 19 heavy (non-hydrogen) atoms. The Morgan fingerprint density at radius 3 is 2.21 bits per heavy atom. The Hall–Kier alpha value is -2.69. The molecule has 2 aromatic carbocycles. The first kappa shape index (κ1) is 11.4. The van der Waals surface area contributed by atoms with Crippen LogP contribution < -0.4 is 4.74 Å². The normalized spacial score (nSPS) is 17.1. The Morgan fingerprint density at radius 2 is 1.53 bits per heavy atom. The van der Waals surface area contributed by atoms with Crippen LogP contribution in [0.15, 0.2) is 36.4 Å². The highest BCUT2D eigenvalue weighted by Crippen LogP contribution is 2.43. The summed E-state index contributed by atoms with van der Waals surface area (Å²) < 4.78 is 5.07. The van der Waals surface area contributed by atoms with Gasteiger partial charge >= 0.3 is 5.97 Å². The van der Waals surface area contributed by atoms with Crippen LogP contribution in [-0.4, -0.2) is 21.3 Å². The van der Waals surface area contributed by atoms with E-state index in [4.69, 9.17) is 4.74 Å². The fourth-order valence-corrected chi connectivity index (χ4v) is 2.21. The highest BCUT2D eigenvalue weighted by atomic mass is 16.5. The first-order valence-electron chi connectivity index (χ1n) is 5.63. The van der Waals surface area contributed by atoms with Gasteiger partial charge in [-0.1, -0.05) is 12.1 Å². The molecular formula is C14H10O5. The Labute approximate surface area is 108 Å². The quantitative estimate of drug-likeness (QED) is 0.536. The first-order chi connectivity index (χ1) is 9.06. The van der Waals surface area contributed by atoms with Crippen LogP contribution in [0.1, 0.15) is 17.0 Å². The van der Waals surface area contributed by atoms with Crippen molar-refractivity contribution in [1.82, 2.24) is 0 Å². The zero-order valence-electron chi connectivity index (χ0n) is 9.70. The molecule has 1 heterocycles. The standard InChI is InChI=1S/C14H10O5/c15-7-1-3-9(11(17)5-7)13-10-4-2-8(16)6-12(10)19-14(13)18/h1-6,13,15-17H. The van der Waals surface area contributed by atoms with Crippen LogP contribution in [0.2, 0.25) is 0 Å². The van der Waals surface area contributed by atoms with E-state index in [1.807, 2.05) is 0 Å². The van der Waals surface area contributed by atoms with Gasteiger partial charge in [0.05, 0.1) is 0 Å². The van der Waals surface area contributed by atoms with E-state index < -0.39 is 11.9 Å². The number of phenols is 3. The fraction of sp³-hybridized carbons (Fsp3) is 0.0714. The molecule has 0 aromatic heterocycles. The molecule has 0 bridgehead atoms. The van der Waals surface area contributed by atoms with Crippen LogP contribution in [0.5, 0.6) is 23.0 Å². The lowest BCUT2D eigenvalue weighted by Crippen LogP contribution is -2.11. The van der Waals surface area contributed by atoms with E-state index in [1.54, 1.807) is 6.07 Å². The van der Waals surface area contributed by atoms with E-state index in [0.29, 0.717) is 11.1 Å². The van der Waals surface area contributed by atoms with Gasteiger partial charge in [0.2, 0.25) is 0 Å². The van der Waals surface area contributed by atoms with E-state index in [-0.39, 0.29) is 23.0 Å². The number of carbonyl (C=O) groups excluding carboxylic acids is 1. The molecule has 0 saturated heterocycles. The smallest absolute Gasteiger partial charge is 0.323 e. The Balaban J connectivity index is 2.14. The molecule has 0 fully saturated rings. The van der Waals surface area contributed by atoms with E-state index in [0.717, 1.165) is 0 Å². The highest BCUT2D eigenvalue weighted by molar-refractivity contribution is 5.90. The van der Waals surface area contributed by atoms with Crippen LogP contribution in [-0.2, 0) is 4.79 Å². The predicted octanol–water partition coefficient (Wildman–Crippen LogP) is 1.85. The number of carbonyl (C=O) groups is 1. The molecule has 5 heteroatoms. The summed E-state index contributed by atoms with van der Waals surface area (Å²) >= 11 is 0. The van der Waals surface area contributed by atoms with Crippen molar-refractivity contribution in [3.05, 3.63) is 47.5 Å². The second kappa shape index (κ2) is 3.91. The zero-order chi connectivity index (χ0) is 13.6. The molecular weight excluding hydrogens is 248 g/mol. The minimum Gasteiger partial charge on any atom is -0.508 e. The lowest BCUT2D eigenvalue weighted by molar-refractivity contribution is -0.133. The summed E-state index contributed by atoms with van der Waals surface area (Å²) in [6, 6.07) is 8.41. The van der Waals surface area contributed by atoms with Crippen LogP contribution in [0, 0.1) is 0 Å². The van der Waals surface area contributed by atoms with Gasteiger partial charge in [0.25, 0.3) is 0 Å². The lowest BCUT2D eigenvalue weighted by atomic mass is 9.92. The van der Waals surface area contributed by atoms with Crippen molar-refractivity contribution in [3.8, 4) is 23.0 Å². The molecule has 0 amide bonds. The second-order valence-corrected chi connectivity index (χ2v) is 4.32. The van der Waals surface area contributed by atoms with Crippen molar-refractivity contribution >= 4 is 5.97 Å².